The highest BCUT2D eigenvalue weighted by atomic mass is 16.6. The number of carbonyl (C=O) groups is 1. The first kappa shape index (κ1) is 13.4. The molecule has 1 rings (SSSR count). The Kier molecular flexibility index (Phi) is 5.77. The molecule has 1 aliphatic rings. The van der Waals surface area contributed by atoms with Crippen LogP contribution in [-0.2, 0) is 9.53 Å². The summed E-state index contributed by atoms with van der Waals surface area (Å²) >= 11 is 0. The van der Waals surface area contributed by atoms with Gasteiger partial charge in [0.25, 0.3) is 0 Å². The van der Waals surface area contributed by atoms with Crippen molar-refractivity contribution in [3.63, 3.8) is 0 Å². The van der Waals surface area contributed by atoms with Gasteiger partial charge in [0.05, 0.1) is 6.61 Å². The summed E-state index contributed by atoms with van der Waals surface area (Å²) in [6.45, 7) is 1.47. The maximum absolute atomic E-state index is 9.12. The van der Waals surface area contributed by atoms with Crippen molar-refractivity contribution in [3.05, 3.63) is 0 Å². The van der Waals surface area contributed by atoms with E-state index in [0.717, 1.165) is 0 Å². The van der Waals surface area contributed by atoms with E-state index in [2.05, 4.69) is 4.74 Å². The van der Waals surface area contributed by atoms with Crippen molar-refractivity contribution in [2.45, 2.75) is 30.7 Å². The smallest absolute Gasteiger partial charge is 0.184 e. The molecule has 1 aliphatic heterocycles. The molecule has 0 radical (unpaired) electrons. The van der Waals surface area contributed by atoms with Crippen LogP contribution in [0.5, 0.6) is 0 Å². The van der Waals surface area contributed by atoms with Gasteiger partial charge in [-0.15, -0.1) is 0 Å². The summed E-state index contributed by atoms with van der Waals surface area (Å²) in [4.78, 5) is 8.00. The fraction of sp³-hybridized carbons (Fsp3) is 0.857. The second-order valence-electron chi connectivity index (χ2n) is 2.72. The van der Waals surface area contributed by atoms with Gasteiger partial charge < -0.3 is 35.1 Å². The lowest BCUT2D eigenvalue weighted by Gasteiger charge is -2.37. The maximum Gasteiger partial charge on any atom is 0.184 e. The maximum atomic E-state index is 9.12. The van der Waals surface area contributed by atoms with Crippen LogP contribution in [0.4, 0.5) is 0 Å². The van der Waals surface area contributed by atoms with Gasteiger partial charge in [-0.2, -0.15) is 0 Å². The number of rotatable bonds is 1. The molecule has 0 aliphatic carbocycles. The van der Waals surface area contributed by atoms with Crippen LogP contribution in [0.3, 0.4) is 0 Å². The standard InChI is InChI=1S/C6H12O6.CH2O/c7-1-2-3(8)4(9)5(10)6(11)12-2;1-2/h2-11H,1H2;1H2/t2-,3+,4+,5-,6?;/m1./s1. The van der Waals surface area contributed by atoms with Crippen molar-refractivity contribution in [2.24, 2.45) is 0 Å². The summed E-state index contributed by atoms with van der Waals surface area (Å²) in [7, 11) is 0. The molecule has 84 valence electrons. The lowest BCUT2D eigenvalue weighted by atomic mass is 10.00. The van der Waals surface area contributed by atoms with Gasteiger partial charge in [0.15, 0.2) is 6.29 Å². The third kappa shape index (κ3) is 2.71. The highest BCUT2D eigenvalue weighted by molar-refractivity contribution is 5.10. The summed E-state index contributed by atoms with van der Waals surface area (Å²) in [6.07, 6.45) is -7.04. The molecule has 0 aromatic carbocycles. The Morgan fingerprint density at radius 1 is 1.00 bits per heavy atom. The zero-order valence-corrected chi connectivity index (χ0v) is 7.35. The first-order chi connectivity index (χ1) is 6.57. The van der Waals surface area contributed by atoms with Crippen LogP contribution < -0.4 is 0 Å². The van der Waals surface area contributed by atoms with Crippen LogP contribution in [0.2, 0.25) is 0 Å². The van der Waals surface area contributed by atoms with E-state index in [1.165, 1.54) is 0 Å². The fourth-order valence-electron chi connectivity index (χ4n) is 1.08. The number of aliphatic hydroxyl groups excluding tert-OH is 5. The quantitative estimate of drug-likeness (QED) is 0.305. The van der Waals surface area contributed by atoms with E-state index in [9.17, 15) is 0 Å². The number of carbonyl (C=O) groups excluding carboxylic acids is 1. The summed E-state index contributed by atoms with van der Waals surface area (Å²) in [5.74, 6) is 0. The van der Waals surface area contributed by atoms with Crippen LogP contribution in [0, 0.1) is 0 Å². The van der Waals surface area contributed by atoms with E-state index in [0.29, 0.717) is 0 Å². The second-order valence-corrected chi connectivity index (χ2v) is 2.72. The van der Waals surface area contributed by atoms with Gasteiger partial charge in [0.1, 0.15) is 31.2 Å². The molecule has 1 fully saturated rings. The fourth-order valence-corrected chi connectivity index (χ4v) is 1.08. The monoisotopic (exact) mass is 210 g/mol. The van der Waals surface area contributed by atoms with Crippen LogP contribution in [0.15, 0.2) is 0 Å². The van der Waals surface area contributed by atoms with Gasteiger partial charge in [-0.3, -0.25) is 0 Å². The normalized spacial score (nSPS) is 42.5. The van der Waals surface area contributed by atoms with Crippen molar-refractivity contribution in [1.82, 2.24) is 0 Å². The van der Waals surface area contributed by atoms with E-state index < -0.39 is 37.3 Å². The number of hydrogen-bond donors (Lipinski definition) is 5. The molecular formula is C7H14O7. The van der Waals surface area contributed by atoms with Gasteiger partial charge in [0.2, 0.25) is 0 Å². The zero-order chi connectivity index (χ0) is 11.3. The van der Waals surface area contributed by atoms with Crippen molar-refractivity contribution < 1.29 is 35.1 Å². The molecule has 0 bridgehead atoms. The van der Waals surface area contributed by atoms with E-state index >= 15 is 0 Å². The first-order valence-electron chi connectivity index (χ1n) is 3.85. The van der Waals surface area contributed by atoms with E-state index in [1.807, 2.05) is 6.79 Å². The summed E-state index contributed by atoms with van der Waals surface area (Å²) < 4.78 is 4.58. The van der Waals surface area contributed by atoms with Crippen LogP contribution in [0.1, 0.15) is 0 Å². The Morgan fingerprint density at radius 2 is 1.50 bits per heavy atom. The third-order valence-corrected chi connectivity index (χ3v) is 1.87. The van der Waals surface area contributed by atoms with Crippen LogP contribution in [-0.4, -0.2) is 69.6 Å². The van der Waals surface area contributed by atoms with E-state index in [4.69, 9.17) is 30.3 Å². The molecule has 5 N–H and O–H groups in total. The Bertz CT molecular complexity index is 159. The second kappa shape index (κ2) is 6.02. The van der Waals surface area contributed by atoms with Crippen molar-refractivity contribution >= 4 is 6.79 Å². The molecular weight excluding hydrogens is 196 g/mol. The van der Waals surface area contributed by atoms with Crippen molar-refractivity contribution in [1.29, 1.82) is 0 Å². The molecule has 5 atom stereocenters. The predicted molar refractivity (Wildman–Crippen MR) is 43.1 cm³/mol. The molecule has 0 saturated carbocycles. The average molecular weight is 210 g/mol. The van der Waals surface area contributed by atoms with Crippen LogP contribution >= 0.6 is 0 Å². The summed E-state index contributed by atoms with van der Waals surface area (Å²) in [5, 5.41) is 44.7. The minimum absolute atomic E-state index is 0.526. The Morgan fingerprint density at radius 3 is 1.93 bits per heavy atom. The lowest BCUT2D eigenvalue weighted by Crippen LogP contribution is -2.58. The number of hydrogen-bond acceptors (Lipinski definition) is 7. The van der Waals surface area contributed by atoms with Crippen molar-refractivity contribution in [2.75, 3.05) is 6.61 Å². The molecule has 0 aromatic heterocycles. The van der Waals surface area contributed by atoms with Crippen LogP contribution in [0.25, 0.3) is 0 Å². The molecule has 1 unspecified atom stereocenters. The highest BCUT2D eigenvalue weighted by Crippen LogP contribution is 2.18. The SMILES string of the molecule is C=O.OC[C@H]1OC(O)[C@H](O)[C@@H](O)[C@H]1O. The van der Waals surface area contributed by atoms with Crippen molar-refractivity contribution in [3.8, 4) is 0 Å². The molecule has 1 saturated heterocycles. The topological polar surface area (TPSA) is 127 Å². The average Bonchev–Trinajstić information content (AvgIpc) is 2.23. The first-order valence-corrected chi connectivity index (χ1v) is 3.85. The summed E-state index contributed by atoms with van der Waals surface area (Å²) in [6, 6.07) is 0. The Balaban J connectivity index is 0.000000791. The minimum Gasteiger partial charge on any atom is -0.394 e. The molecule has 0 aromatic rings. The molecule has 14 heavy (non-hydrogen) atoms. The molecule has 7 heteroatoms. The molecule has 1 heterocycles. The van der Waals surface area contributed by atoms with Gasteiger partial charge >= 0.3 is 0 Å². The minimum atomic E-state index is -1.57. The molecule has 0 spiro atoms. The van der Waals surface area contributed by atoms with Gasteiger partial charge in [0, 0.05) is 0 Å². The Hall–Kier alpha value is -0.570. The molecule has 7 nitrogen and oxygen atoms in total. The van der Waals surface area contributed by atoms with E-state index in [1.54, 1.807) is 0 Å². The van der Waals surface area contributed by atoms with Gasteiger partial charge in [-0.1, -0.05) is 0 Å². The number of ether oxygens (including phenoxy) is 1. The predicted octanol–water partition coefficient (Wildman–Crippen LogP) is -3.41. The Labute approximate surface area is 80.2 Å². The third-order valence-electron chi connectivity index (χ3n) is 1.87. The van der Waals surface area contributed by atoms with Gasteiger partial charge in [-0.05, 0) is 0 Å². The number of aliphatic hydroxyl groups is 5. The van der Waals surface area contributed by atoms with E-state index in [-0.39, 0.29) is 0 Å². The van der Waals surface area contributed by atoms with Gasteiger partial charge in [-0.25, -0.2) is 0 Å². The largest absolute Gasteiger partial charge is 0.394 e. The lowest BCUT2D eigenvalue weighted by molar-refractivity contribution is -0.286. The zero-order valence-electron chi connectivity index (χ0n) is 7.35. The molecule has 0 amide bonds. The highest BCUT2D eigenvalue weighted by Gasteiger charge is 2.42. The summed E-state index contributed by atoms with van der Waals surface area (Å²) in [5.41, 5.74) is 0.